The summed E-state index contributed by atoms with van der Waals surface area (Å²) in [7, 11) is 0. The van der Waals surface area contributed by atoms with Gasteiger partial charge in [0.05, 0.1) is 0 Å². The Morgan fingerprint density at radius 2 is 1.94 bits per heavy atom. The summed E-state index contributed by atoms with van der Waals surface area (Å²) in [4.78, 5) is 9.15. The fourth-order valence-corrected chi connectivity index (χ4v) is 2.83. The predicted molar refractivity (Wildman–Crippen MR) is 61.9 cm³/mol. The number of ether oxygens (including phenoxy) is 1. The predicted octanol–water partition coefficient (Wildman–Crippen LogP) is 2.51. The van der Waals surface area contributed by atoms with Gasteiger partial charge in [0.15, 0.2) is 0 Å². The Balaban J connectivity index is 1.92. The summed E-state index contributed by atoms with van der Waals surface area (Å²) in [6.45, 7) is 1.64. The molecule has 1 aromatic rings. The summed E-state index contributed by atoms with van der Waals surface area (Å²) >= 11 is 6.21. The molecule has 0 saturated carbocycles. The number of aryl methyl sites for hydroxylation is 1. The normalized spacial score (nSPS) is 21.1. The molecule has 2 aliphatic rings. The molecule has 0 radical (unpaired) electrons. The average Bonchev–Trinajstić information content (AvgIpc) is 2.79. The lowest BCUT2D eigenvalue weighted by Gasteiger charge is -2.21. The van der Waals surface area contributed by atoms with Crippen LogP contribution in [0.1, 0.15) is 42.3 Å². The van der Waals surface area contributed by atoms with Crippen molar-refractivity contribution in [2.24, 2.45) is 0 Å². The van der Waals surface area contributed by atoms with E-state index in [1.807, 2.05) is 0 Å². The SMILES string of the molecule is Clc1nc(C2CCOCC2)nc2c1CCC2. The molecule has 0 amide bonds. The Morgan fingerprint density at radius 3 is 2.75 bits per heavy atom. The van der Waals surface area contributed by atoms with E-state index in [4.69, 9.17) is 16.3 Å². The van der Waals surface area contributed by atoms with Gasteiger partial charge in [-0.15, -0.1) is 0 Å². The minimum absolute atomic E-state index is 0.442. The van der Waals surface area contributed by atoms with Crippen LogP contribution in [-0.2, 0) is 17.6 Å². The fourth-order valence-electron chi connectivity index (χ4n) is 2.54. The highest BCUT2D eigenvalue weighted by Gasteiger charge is 2.23. The first-order valence-electron chi connectivity index (χ1n) is 5.97. The third-order valence-corrected chi connectivity index (χ3v) is 3.80. The van der Waals surface area contributed by atoms with Crippen molar-refractivity contribution in [2.45, 2.75) is 38.0 Å². The van der Waals surface area contributed by atoms with Crippen LogP contribution in [0.5, 0.6) is 0 Å². The molecule has 3 rings (SSSR count). The van der Waals surface area contributed by atoms with Crippen molar-refractivity contribution in [3.8, 4) is 0 Å². The topological polar surface area (TPSA) is 35.0 Å². The van der Waals surface area contributed by atoms with Gasteiger partial charge in [-0.1, -0.05) is 11.6 Å². The van der Waals surface area contributed by atoms with Gasteiger partial charge in [-0.05, 0) is 32.1 Å². The first kappa shape index (κ1) is 10.5. The fraction of sp³-hybridized carbons (Fsp3) is 0.667. The van der Waals surface area contributed by atoms with Crippen molar-refractivity contribution in [3.05, 3.63) is 22.2 Å². The zero-order valence-electron chi connectivity index (χ0n) is 9.21. The van der Waals surface area contributed by atoms with Gasteiger partial charge in [-0.25, -0.2) is 9.97 Å². The molecule has 1 aromatic heterocycles. The molecule has 0 bridgehead atoms. The van der Waals surface area contributed by atoms with Crippen molar-refractivity contribution in [1.82, 2.24) is 9.97 Å². The highest BCUT2D eigenvalue weighted by molar-refractivity contribution is 6.30. The molecule has 3 nitrogen and oxygen atoms in total. The third kappa shape index (κ3) is 1.82. The van der Waals surface area contributed by atoms with Crippen molar-refractivity contribution >= 4 is 11.6 Å². The molecule has 0 atom stereocenters. The number of hydrogen-bond donors (Lipinski definition) is 0. The molecule has 1 saturated heterocycles. The van der Waals surface area contributed by atoms with Gasteiger partial charge in [-0.3, -0.25) is 0 Å². The van der Waals surface area contributed by atoms with E-state index in [0.717, 1.165) is 44.7 Å². The van der Waals surface area contributed by atoms with Crippen LogP contribution in [0.4, 0.5) is 0 Å². The zero-order valence-corrected chi connectivity index (χ0v) is 9.96. The Morgan fingerprint density at radius 1 is 1.12 bits per heavy atom. The van der Waals surface area contributed by atoms with Crippen LogP contribution >= 0.6 is 11.6 Å². The van der Waals surface area contributed by atoms with E-state index in [-0.39, 0.29) is 0 Å². The molecule has 0 spiro atoms. The van der Waals surface area contributed by atoms with E-state index in [0.29, 0.717) is 11.1 Å². The Hall–Kier alpha value is -0.670. The van der Waals surface area contributed by atoms with Crippen molar-refractivity contribution in [3.63, 3.8) is 0 Å². The molecule has 0 N–H and O–H groups in total. The van der Waals surface area contributed by atoms with E-state index < -0.39 is 0 Å². The van der Waals surface area contributed by atoms with E-state index in [1.54, 1.807) is 0 Å². The summed E-state index contributed by atoms with van der Waals surface area (Å²) in [5, 5.41) is 0.684. The van der Waals surface area contributed by atoms with Gasteiger partial charge < -0.3 is 4.74 Å². The van der Waals surface area contributed by atoms with E-state index in [9.17, 15) is 0 Å². The molecule has 1 fully saturated rings. The highest BCUT2D eigenvalue weighted by Crippen LogP contribution is 2.30. The molecule has 16 heavy (non-hydrogen) atoms. The maximum atomic E-state index is 6.21. The third-order valence-electron chi connectivity index (χ3n) is 3.49. The molecule has 1 aliphatic heterocycles. The lowest BCUT2D eigenvalue weighted by Crippen LogP contribution is -2.17. The number of hydrogen-bond acceptors (Lipinski definition) is 3. The Labute approximate surface area is 100 Å². The van der Waals surface area contributed by atoms with E-state index in [2.05, 4.69) is 9.97 Å². The summed E-state index contributed by atoms with van der Waals surface area (Å²) in [6, 6.07) is 0. The van der Waals surface area contributed by atoms with Crippen LogP contribution in [-0.4, -0.2) is 23.2 Å². The smallest absolute Gasteiger partial charge is 0.136 e. The van der Waals surface area contributed by atoms with Gasteiger partial charge in [0.25, 0.3) is 0 Å². The second-order valence-electron chi connectivity index (χ2n) is 4.54. The maximum Gasteiger partial charge on any atom is 0.136 e. The van der Waals surface area contributed by atoms with Gasteiger partial charge in [-0.2, -0.15) is 0 Å². The van der Waals surface area contributed by atoms with Gasteiger partial charge in [0, 0.05) is 30.4 Å². The molecule has 86 valence electrons. The minimum atomic E-state index is 0.442. The maximum absolute atomic E-state index is 6.21. The highest BCUT2D eigenvalue weighted by atomic mass is 35.5. The molecular formula is C12H15ClN2O. The first-order valence-corrected chi connectivity index (χ1v) is 6.35. The van der Waals surface area contributed by atoms with Gasteiger partial charge in [0.2, 0.25) is 0 Å². The molecule has 0 aromatic carbocycles. The summed E-state index contributed by atoms with van der Waals surface area (Å²) < 4.78 is 5.36. The second-order valence-corrected chi connectivity index (χ2v) is 4.90. The van der Waals surface area contributed by atoms with E-state index >= 15 is 0 Å². The second kappa shape index (κ2) is 4.30. The van der Waals surface area contributed by atoms with E-state index in [1.165, 1.54) is 17.7 Å². The monoisotopic (exact) mass is 238 g/mol. The van der Waals surface area contributed by atoms with Crippen LogP contribution in [0.2, 0.25) is 5.15 Å². The number of rotatable bonds is 1. The van der Waals surface area contributed by atoms with Crippen LogP contribution in [0, 0.1) is 0 Å². The first-order chi connectivity index (χ1) is 7.84. The number of halogens is 1. The average molecular weight is 239 g/mol. The van der Waals surface area contributed by atoms with Crippen LogP contribution in [0.25, 0.3) is 0 Å². The molecule has 1 aliphatic carbocycles. The molecule has 4 heteroatoms. The lowest BCUT2D eigenvalue weighted by atomic mass is 9.99. The Bertz CT molecular complexity index is 402. The standard InChI is InChI=1S/C12H15ClN2O/c13-11-9-2-1-3-10(9)14-12(15-11)8-4-6-16-7-5-8/h8H,1-7H2. The largest absolute Gasteiger partial charge is 0.381 e. The summed E-state index contributed by atoms with van der Waals surface area (Å²) in [5.74, 6) is 1.38. The van der Waals surface area contributed by atoms with Crippen LogP contribution < -0.4 is 0 Å². The lowest BCUT2D eigenvalue weighted by molar-refractivity contribution is 0.0835. The van der Waals surface area contributed by atoms with Crippen molar-refractivity contribution in [1.29, 1.82) is 0 Å². The van der Waals surface area contributed by atoms with Gasteiger partial charge >= 0.3 is 0 Å². The van der Waals surface area contributed by atoms with Crippen LogP contribution in [0.15, 0.2) is 0 Å². The number of fused-ring (bicyclic) bond motifs is 1. The molecule has 2 heterocycles. The van der Waals surface area contributed by atoms with Crippen molar-refractivity contribution < 1.29 is 4.74 Å². The van der Waals surface area contributed by atoms with Crippen LogP contribution in [0.3, 0.4) is 0 Å². The quantitative estimate of drug-likeness (QED) is 0.706. The number of nitrogens with zero attached hydrogens (tertiary/aromatic N) is 2. The Kier molecular flexibility index (Phi) is 2.82. The summed E-state index contributed by atoms with van der Waals surface area (Å²) in [5.41, 5.74) is 2.36. The summed E-state index contributed by atoms with van der Waals surface area (Å²) in [6.07, 6.45) is 5.32. The zero-order chi connectivity index (χ0) is 11.0. The van der Waals surface area contributed by atoms with Gasteiger partial charge in [0.1, 0.15) is 11.0 Å². The minimum Gasteiger partial charge on any atom is -0.381 e. The van der Waals surface area contributed by atoms with Crippen molar-refractivity contribution in [2.75, 3.05) is 13.2 Å². The number of aromatic nitrogens is 2. The molecular weight excluding hydrogens is 224 g/mol. The molecule has 0 unspecified atom stereocenters.